The minimum Gasteiger partial charge on any atom is -0.475 e. The maximum atomic E-state index is 14.5. The van der Waals surface area contributed by atoms with E-state index in [1.807, 2.05) is 38.1 Å². The van der Waals surface area contributed by atoms with E-state index in [2.05, 4.69) is 45.3 Å². The summed E-state index contributed by atoms with van der Waals surface area (Å²) in [5, 5.41) is 0. The van der Waals surface area contributed by atoms with Crippen molar-refractivity contribution in [2.75, 3.05) is 36.5 Å². The molecule has 2 aliphatic rings. The monoisotopic (exact) mass is 685 g/mol. The summed E-state index contributed by atoms with van der Waals surface area (Å²) in [4.78, 5) is 36.8. The molecule has 0 saturated carbocycles. The Bertz CT molecular complexity index is 1940. The number of hydrogen-bond acceptors (Lipinski definition) is 10. The largest absolute Gasteiger partial charge is 0.475 e. The van der Waals surface area contributed by atoms with Crippen molar-refractivity contribution in [1.82, 2.24) is 24.8 Å². The minimum atomic E-state index is -4.18. The second-order valence-electron chi connectivity index (χ2n) is 13.9. The fourth-order valence-electron chi connectivity index (χ4n) is 6.43. The van der Waals surface area contributed by atoms with Crippen molar-refractivity contribution in [3.63, 3.8) is 0 Å². The van der Waals surface area contributed by atoms with Gasteiger partial charge in [0.2, 0.25) is 11.8 Å². The van der Waals surface area contributed by atoms with E-state index in [4.69, 9.17) is 14.5 Å². The Morgan fingerprint density at radius 2 is 1.76 bits per heavy atom. The van der Waals surface area contributed by atoms with Gasteiger partial charge in [0.05, 0.1) is 35.8 Å². The smallest absolute Gasteiger partial charge is 0.264 e. The van der Waals surface area contributed by atoms with Gasteiger partial charge in [-0.05, 0) is 67.5 Å². The Morgan fingerprint density at radius 3 is 2.45 bits per heavy atom. The number of carbonyl (C=O) groups is 1. The number of hydrogen-bond donors (Lipinski definition) is 1. The molecule has 13 heteroatoms. The molecule has 0 aliphatic carbocycles. The average Bonchev–Trinajstić information content (AvgIpc) is 3.03. The first-order chi connectivity index (χ1) is 23.3. The highest BCUT2D eigenvalue weighted by atomic mass is 32.2. The number of sulfonamides is 1. The first kappa shape index (κ1) is 34.3. The number of aromatic nitrogens is 4. The molecule has 1 fully saturated rings. The fraction of sp³-hybridized carbons (Fsp3) is 0.417. The molecule has 1 amide bonds. The molecule has 12 nitrogen and oxygen atoms in total. The van der Waals surface area contributed by atoms with E-state index in [0.717, 1.165) is 35.5 Å². The molecule has 0 spiro atoms. The zero-order valence-corrected chi connectivity index (χ0v) is 29.6. The molecule has 2 aromatic heterocycles. The van der Waals surface area contributed by atoms with Crippen LogP contribution in [0.4, 0.5) is 11.8 Å². The second kappa shape index (κ2) is 13.7. The summed E-state index contributed by atoms with van der Waals surface area (Å²) in [6, 6.07) is 15.3. The SMILES string of the molecule is COC[C@@H]1CCN1c1ccnc(CN2C(=O)c3cccc(c3)S(=O)(=O)Nc3nc(cc(-c4c(C)cccc4C)n3)OC[C@H]2CC(C)(C)C)n1. The van der Waals surface area contributed by atoms with Crippen LogP contribution in [0.25, 0.3) is 11.3 Å². The van der Waals surface area contributed by atoms with Crippen LogP contribution >= 0.6 is 0 Å². The summed E-state index contributed by atoms with van der Waals surface area (Å²) >= 11 is 0. The highest BCUT2D eigenvalue weighted by molar-refractivity contribution is 7.92. The molecule has 49 heavy (non-hydrogen) atoms. The van der Waals surface area contributed by atoms with Crippen LogP contribution in [-0.2, 0) is 21.3 Å². The molecule has 4 heterocycles. The van der Waals surface area contributed by atoms with Crippen molar-refractivity contribution in [1.29, 1.82) is 0 Å². The summed E-state index contributed by atoms with van der Waals surface area (Å²) in [7, 11) is -2.50. The molecule has 6 rings (SSSR count). The first-order valence-corrected chi connectivity index (χ1v) is 17.9. The molecule has 258 valence electrons. The second-order valence-corrected chi connectivity index (χ2v) is 15.6. The predicted octanol–water partition coefficient (Wildman–Crippen LogP) is 5.42. The standard InChI is InChI=1S/C36H43N7O5S/c1-23-9-7-10-24(2)33(23)29-18-32-40-35(38-29)41-49(45,46)28-12-8-11-25(17-28)34(44)43(27(22-48-32)19-36(3,4)5)20-30-37-15-13-31(39-30)42-16-14-26(42)21-47-6/h7-13,15,17-18,26-27H,14,16,19-22H2,1-6H3,(H,38,40,41)/t26-,27+/m0/s1. The number of benzene rings is 2. The molecular weight excluding hydrogens is 643 g/mol. The zero-order chi connectivity index (χ0) is 34.9. The van der Waals surface area contributed by atoms with Crippen LogP contribution in [0, 0.1) is 19.3 Å². The van der Waals surface area contributed by atoms with Gasteiger partial charge in [-0.2, -0.15) is 4.98 Å². The molecular formula is C36H43N7O5S. The van der Waals surface area contributed by atoms with Crippen LogP contribution in [0.1, 0.15) is 60.9 Å². The van der Waals surface area contributed by atoms with E-state index in [1.165, 1.54) is 12.1 Å². The number of anilines is 2. The Balaban J connectivity index is 1.45. The lowest BCUT2D eigenvalue weighted by Crippen LogP contribution is -2.51. The number of fused-ring (bicyclic) bond motifs is 4. The number of amides is 1. The molecule has 1 N–H and O–H groups in total. The van der Waals surface area contributed by atoms with E-state index in [0.29, 0.717) is 24.5 Å². The fourth-order valence-corrected chi connectivity index (χ4v) is 7.42. The van der Waals surface area contributed by atoms with Gasteiger partial charge in [0.15, 0.2) is 0 Å². The lowest BCUT2D eigenvalue weighted by Gasteiger charge is -2.41. The number of aryl methyl sites for hydroxylation is 2. The number of carbonyl (C=O) groups excluding carboxylic acids is 1. The molecule has 1 saturated heterocycles. The van der Waals surface area contributed by atoms with E-state index in [9.17, 15) is 13.2 Å². The van der Waals surface area contributed by atoms with Gasteiger partial charge in [-0.1, -0.05) is 45.0 Å². The van der Waals surface area contributed by atoms with E-state index < -0.39 is 16.1 Å². The zero-order valence-electron chi connectivity index (χ0n) is 28.8. The molecule has 2 aromatic carbocycles. The quantitative estimate of drug-likeness (QED) is 0.268. The van der Waals surface area contributed by atoms with Gasteiger partial charge in [-0.25, -0.2) is 28.1 Å². The predicted molar refractivity (Wildman–Crippen MR) is 187 cm³/mol. The average molecular weight is 686 g/mol. The summed E-state index contributed by atoms with van der Waals surface area (Å²) in [5.74, 6) is 0.927. The third-order valence-corrected chi connectivity index (χ3v) is 10.2. The van der Waals surface area contributed by atoms with Gasteiger partial charge in [0.1, 0.15) is 18.2 Å². The van der Waals surface area contributed by atoms with Gasteiger partial charge >= 0.3 is 0 Å². The molecule has 4 bridgehead atoms. The van der Waals surface area contributed by atoms with Crippen LogP contribution in [0.3, 0.4) is 0 Å². The topological polar surface area (TPSA) is 140 Å². The lowest BCUT2D eigenvalue weighted by molar-refractivity contribution is 0.0505. The number of nitrogens with zero attached hydrogens (tertiary/aromatic N) is 6. The van der Waals surface area contributed by atoms with E-state index in [-0.39, 0.29) is 52.8 Å². The number of methoxy groups -OCH3 is 1. The van der Waals surface area contributed by atoms with Gasteiger partial charge < -0.3 is 19.3 Å². The van der Waals surface area contributed by atoms with Crippen molar-refractivity contribution in [3.05, 3.63) is 83.3 Å². The maximum Gasteiger partial charge on any atom is 0.264 e. The minimum absolute atomic E-state index is 0.0808. The van der Waals surface area contributed by atoms with Crippen LogP contribution in [0.5, 0.6) is 5.88 Å². The van der Waals surface area contributed by atoms with Gasteiger partial charge in [0, 0.05) is 37.0 Å². The van der Waals surface area contributed by atoms with Crippen molar-refractivity contribution in [2.24, 2.45) is 5.41 Å². The third-order valence-electron chi connectivity index (χ3n) is 8.83. The van der Waals surface area contributed by atoms with Crippen LogP contribution in [0.2, 0.25) is 0 Å². The third kappa shape index (κ3) is 7.67. The van der Waals surface area contributed by atoms with Gasteiger partial charge in [0.25, 0.3) is 15.9 Å². The number of rotatable bonds is 7. The van der Waals surface area contributed by atoms with E-state index in [1.54, 1.807) is 36.4 Å². The summed E-state index contributed by atoms with van der Waals surface area (Å²) in [6.45, 7) is 11.9. The first-order valence-electron chi connectivity index (χ1n) is 16.4. The Kier molecular flexibility index (Phi) is 9.58. The van der Waals surface area contributed by atoms with Gasteiger partial charge in [-0.15, -0.1) is 0 Å². The summed E-state index contributed by atoms with van der Waals surface area (Å²) in [5.41, 5.74) is 3.33. The lowest BCUT2D eigenvalue weighted by atomic mass is 9.87. The van der Waals surface area contributed by atoms with E-state index >= 15 is 0 Å². The number of ether oxygens (including phenoxy) is 2. The molecule has 0 unspecified atom stereocenters. The highest BCUT2D eigenvalue weighted by Crippen LogP contribution is 2.32. The van der Waals surface area contributed by atoms with Gasteiger partial charge in [-0.3, -0.25) is 4.79 Å². The molecule has 0 radical (unpaired) electrons. The maximum absolute atomic E-state index is 14.5. The van der Waals surface area contributed by atoms with Crippen molar-refractivity contribution in [2.45, 2.75) is 71.0 Å². The van der Waals surface area contributed by atoms with Crippen molar-refractivity contribution >= 4 is 27.7 Å². The Morgan fingerprint density at radius 1 is 1.00 bits per heavy atom. The molecule has 2 aliphatic heterocycles. The van der Waals surface area contributed by atoms with Crippen molar-refractivity contribution in [3.8, 4) is 17.1 Å². The highest BCUT2D eigenvalue weighted by Gasteiger charge is 2.33. The molecule has 4 aromatic rings. The van der Waals surface area contributed by atoms with Crippen molar-refractivity contribution < 1.29 is 22.7 Å². The summed E-state index contributed by atoms with van der Waals surface area (Å²) < 4.78 is 41.7. The Labute approximate surface area is 288 Å². The van der Waals surface area contributed by atoms with Crippen LogP contribution in [-0.4, -0.2) is 78.1 Å². The summed E-state index contributed by atoms with van der Waals surface area (Å²) in [6.07, 6.45) is 3.28. The number of nitrogens with one attached hydrogen (secondary N) is 1. The Hall–Kier alpha value is -4.62. The van der Waals surface area contributed by atoms with Crippen LogP contribution < -0.4 is 14.4 Å². The van der Waals surface area contributed by atoms with Crippen LogP contribution in [0.15, 0.2) is 65.7 Å². The molecule has 2 atom stereocenters. The normalized spacial score (nSPS) is 19.1.